The van der Waals surface area contributed by atoms with E-state index in [4.69, 9.17) is 9.97 Å². The summed E-state index contributed by atoms with van der Waals surface area (Å²) in [7, 11) is 0. The third-order valence-electron chi connectivity index (χ3n) is 4.73. The molecule has 0 amide bonds. The van der Waals surface area contributed by atoms with Gasteiger partial charge in [-0.1, -0.05) is 55.5 Å². The number of piperazine rings is 1. The number of anilines is 1. The van der Waals surface area contributed by atoms with Crippen molar-refractivity contribution in [2.75, 3.05) is 31.1 Å². The number of hydrogen-bond acceptors (Lipinski definition) is 4. The first-order chi connectivity index (χ1) is 11.8. The van der Waals surface area contributed by atoms with E-state index < -0.39 is 0 Å². The molecule has 4 heteroatoms. The number of nitrogens with zero attached hydrogens (tertiary/aromatic N) is 3. The van der Waals surface area contributed by atoms with Crippen LogP contribution in [0.5, 0.6) is 0 Å². The van der Waals surface area contributed by atoms with Crippen molar-refractivity contribution in [2.45, 2.75) is 12.8 Å². The Balaban J connectivity index is 1.83. The van der Waals surface area contributed by atoms with Crippen LogP contribution in [0.3, 0.4) is 0 Å². The lowest BCUT2D eigenvalue weighted by atomic mass is 9.95. The Bertz CT molecular complexity index is 825. The molecule has 24 heavy (non-hydrogen) atoms. The number of fused-ring (bicyclic) bond motifs is 1. The molecule has 1 aromatic heterocycles. The number of benzene rings is 2. The highest BCUT2D eigenvalue weighted by Gasteiger charge is 2.19. The average molecular weight is 318 g/mol. The minimum Gasteiger partial charge on any atom is -0.338 e. The zero-order chi connectivity index (χ0) is 16.4. The minimum atomic E-state index is 0.237. The van der Waals surface area contributed by atoms with E-state index >= 15 is 0 Å². The zero-order valence-corrected chi connectivity index (χ0v) is 13.9. The smallest absolute Gasteiger partial charge is 0.226 e. The van der Waals surface area contributed by atoms with Crippen LogP contribution in [-0.2, 0) is 0 Å². The highest BCUT2D eigenvalue weighted by atomic mass is 15.3. The lowest BCUT2D eigenvalue weighted by Gasteiger charge is -2.28. The van der Waals surface area contributed by atoms with Crippen molar-refractivity contribution in [3.05, 3.63) is 65.9 Å². The van der Waals surface area contributed by atoms with Gasteiger partial charge in [-0.2, -0.15) is 0 Å². The van der Waals surface area contributed by atoms with Crippen molar-refractivity contribution in [3.63, 3.8) is 0 Å². The maximum absolute atomic E-state index is 4.99. The number of aromatic nitrogens is 2. The molecule has 1 N–H and O–H groups in total. The maximum Gasteiger partial charge on any atom is 0.226 e. The third kappa shape index (κ3) is 2.85. The van der Waals surface area contributed by atoms with E-state index in [1.165, 1.54) is 5.56 Å². The number of hydrogen-bond donors (Lipinski definition) is 1. The fourth-order valence-corrected chi connectivity index (χ4v) is 3.32. The van der Waals surface area contributed by atoms with Crippen LogP contribution in [0.2, 0.25) is 0 Å². The summed E-state index contributed by atoms with van der Waals surface area (Å²) in [6.45, 7) is 6.11. The SMILES string of the molecule is CC(c1ccccc1)c1nc(N2CCNCC2)nc2ccccc12. The fourth-order valence-electron chi connectivity index (χ4n) is 3.32. The zero-order valence-electron chi connectivity index (χ0n) is 13.9. The lowest BCUT2D eigenvalue weighted by Crippen LogP contribution is -2.44. The molecule has 4 rings (SSSR count). The van der Waals surface area contributed by atoms with Crippen molar-refractivity contribution in [2.24, 2.45) is 0 Å². The molecule has 2 aromatic carbocycles. The minimum absolute atomic E-state index is 0.237. The van der Waals surface area contributed by atoms with Crippen LogP contribution in [0.1, 0.15) is 24.1 Å². The van der Waals surface area contributed by atoms with Crippen LogP contribution < -0.4 is 10.2 Å². The van der Waals surface area contributed by atoms with Crippen molar-refractivity contribution >= 4 is 16.9 Å². The van der Waals surface area contributed by atoms with Crippen molar-refractivity contribution in [1.29, 1.82) is 0 Å². The van der Waals surface area contributed by atoms with Crippen molar-refractivity contribution in [3.8, 4) is 0 Å². The Morgan fingerprint density at radius 3 is 2.42 bits per heavy atom. The van der Waals surface area contributed by atoms with E-state index in [1.54, 1.807) is 0 Å². The molecule has 4 nitrogen and oxygen atoms in total. The molecule has 1 unspecified atom stereocenters. The summed E-state index contributed by atoms with van der Waals surface area (Å²) in [5.41, 5.74) is 3.42. The quantitative estimate of drug-likeness (QED) is 0.805. The second-order valence-electron chi connectivity index (χ2n) is 6.30. The van der Waals surface area contributed by atoms with Crippen molar-refractivity contribution < 1.29 is 0 Å². The predicted molar refractivity (Wildman–Crippen MR) is 98.6 cm³/mol. The third-order valence-corrected chi connectivity index (χ3v) is 4.73. The number of rotatable bonds is 3. The summed E-state index contributed by atoms with van der Waals surface area (Å²) >= 11 is 0. The molecule has 0 spiro atoms. The first-order valence-electron chi connectivity index (χ1n) is 8.60. The normalized spacial score (nSPS) is 16.3. The standard InChI is InChI=1S/C20H22N4/c1-15(16-7-3-2-4-8-16)19-17-9-5-6-10-18(17)22-20(23-19)24-13-11-21-12-14-24/h2-10,15,21H,11-14H2,1H3. The number of para-hydroxylation sites is 1. The molecular weight excluding hydrogens is 296 g/mol. The molecule has 1 fully saturated rings. The molecule has 1 saturated heterocycles. The van der Waals surface area contributed by atoms with Gasteiger partial charge < -0.3 is 10.2 Å². The van der Waals surface area contributed by atoms with Gasteiger partial charge in [0.1, 0.15) is 0 Å². The first-order valence-corrected chi connectivity index (χ1v) is 8.60. The summed E-state index contributed by atoms with van der Waals surface area (Å²) in [4.78, 5) is 12.1. The Morgan fingerprint density at radius 1 is 0.917 bits per heavy atom. The average Bonchev–Trinajstić information content (AvgIpc) is 2.68. The maximum atomic E-state index is 4.99. The summed E-state index contributed by atoms with van der Waals surface area (Å²) < 4.78 is 0. The van der Waals surface area contributed by atoms with Gasteiger partial charge in [0.15, 0.2) is 0 Å². The molecule has 0 bridgehead atoms. The largest absolute Gasteiger partial charge is 0.338 e. The fraction of sp³-hybridized carbons (Fsp3) is 0.300. The van der Waals surface area contributed by atoms with Crippen LogP contribution in [0.15, 0.2) is 54.6 Å². The van der Waals surface area contributed by atoms with E-state index in [1.807, 2.05) is 6.07 Å². The van der Waals surface area contributed by atoms with Gasteiger partial charge in [-0.15, -0.1) is 0 Å². The Kier molecular flexibility index (Phi) is 4.13. The molecule has 1 aliphatic rings. The predicted octanol–water partition coefficient (Wildman–Crippen LogP) is 3.19. The molecule has 2 heterocycles. The Labute approximate surface area is 142 Å². The van der Waals surface area contributed by atoms with Gasteiger partial charge in [-0.3, -0.25) is 0 Å². The van der Waals surface area contributed by atoms with Gasteiger partial charge >= 0.3 is 0 Å². The summed E-state index contributed by atoms with van der Waals surface area (Å²) in [5, 5.41) is 4.53. The van der Waals surface area contributed by atoms with Gasteiger partial charge in [-0.25, -0.2) is 9.97 Å². The monoisotopic (exact) mass is 318 g/mol. The summed E-state index contributed by atoms with van der Waals surface area (Å²) in [6.07, 6.45) is 0. The van der Waals surface area contributed by atoms with Crippen LogP contribution in [0.25, 0.3) is 10.9 Å². The molecule has 1 atom stereocenters. The van der Waals surface area contributed by atoms with Gasteiger partial charge in [0.25, 0.3) is 0 Å². The van der Waals surface area contributed by atoms with E-state index in [-0.39, 0.29) is 5.92 Å². The van der Waals surface area contributed by atoms with Crippen LogP contribution in [0, 0.1) is 0 Å². The van der Waals surface area contributed by atoms with E-state index in [2.05, 4.69) is 65.7 Å². The van der Waals surface area contributed by atoms with Gasteiger partial charge in [0, 0.05) is 37.5 Å². The van der Waals surface area contributed by atoms with E-state index in [0.29, 0.717) is 0 Å². The summed E-state index contributed by atoms with van der Waals surface area (Å²) in [5.74, 6) is 1.09. The highest BCUT2D eigenvalue weighted by molar-refractivity contribution is 5.83. The second-order valence-corrected chi connectivity index (χ2v) is 6.30. The summed E-state index contributed by atoms with van der Waals surface area (Å²) in [6, 6.07) is 18.9. The lowest BCUT2D eigenvalue weighted by molar-refractivity contribution is 0.579. The highest BCUT2D eigenvalue weighted by Crippen LogP contribution is 2.30. The molecule has 0 aliphatic carbocycles. The van der Waals surface area contributed by atoms with E-state index in [9.17, 15) is 0 Å². The first kappa shape index (κ1) is 15.1. The number of nitrogens with one attached hydrogen (secondary N) is 1. The van der Waals surface area contributed by atoms with Crippen molar-refractivity contribution in [1.82, 2.24) is 15.3 Å². The molecular formula is C20H22N4. The van der Waals surface area contributed by atoms with Gasteiger partial charge in [0.2, 0.25) is 5.95 Å². The van der Waals surface area contributed by atoms with E-state index in [0.717, 1.165) is 48.7 Å². The Hall–Kier alpha value is -2.46. The molecule has 122 valence electrons. The molecule has 1 aliphatic heterocycles. The topological polar surface area (TPSA) is 41.1 Å². The van der Waals surface area contributed by atoms with Crippen LogP contribution in [0.4, 0.5) is 5.95 Å². The second kappa shape index (κ2) is 6.57. The van der Waals surface area contributed by atoms with Crippen LogP contribution >= 0.6 is 0 Å². The van der Waals surface area contributed by atoms with Crippen LogP contribution in [-0.4, -0.2) is 36.1 Å². The molecule has 0 radical (unpaired) electrons. The molecule has 3 aromatic rings. The van der Waals surface area contributed by atoms with Gasteiger partial charge in [-0.05, 0) is 11.6 Å². The van der Waals surface area contributed by atoms with Gasteiger partial charge in [0.05, 0.1) is 11.2 Å². The molecule has 0 saturated carbocycles. The Morgan fingerprint density at radius 2 is 1.62 bits per heavy atom.